The Hall–Kier alpha value is -1.12. The van der Waals surface area contributed by atoms with E-state index in [1.54, 1.807) is 0 Å². The van der Waals surface area contributed by atoms with E-state index in [-0.39, 0.29) is 5.97 Å². The van der Waals surface area contributed by atoms with Crippen molar-refractivity contribution >= 4 is 11.8 Å². The van der Waals surface area contributed by atoms with Crippen molar-refractivity contribution in [2.24, 2.45) is 40.4 Å². The van der Waals surface area contributed by atoms with E-state index < -0.39 is 5.41 Å². The van der Waals surface area contributed by atoms with Gasteiger partial charge in [-0.25, -0.2) is 0 Å². The number of fused-ring (bicyclic) bond motifs is 5. The van der Waals surface area contributed by atoms with E-state index in [2.05, 4.69) is 6.92 Å². The maximum Gasteiger partial charge on any atom is 0.311 e. The van der Waals surface area contributed by atoms with E-state index in [1.165, 1.54) is 37.7 Å². The second-order valence-electron chi connectivity index (χ2n) is 11.3. The number of hydrogen-bond donors (Lipinski definition) is 0. The van der Waals surface area contributed by atoms with Gasteiger partial charge in [-0.2, -0.15) is 0 Å². The Labute approximate surface area is 170 Å². The highest BCUT2D eigenvalue weighted by Gasteiger charge is 2.56. The van der Waals surface area contributed by atoms with Crippen molar-refractivity contribution in [2.45, 2.75) is 85.5 Å². The SMILES string of the molecule is CC1CC2=CC(=O)CC[C@@H]2[C@H]2CC[C@]3(CCOC(=O)C(C)(C)C)CCC[C@H]3[C@H]12. The number of ether oxygens (including phenoxy) is 1. The molecule has 4 aliphatic rings. The highest BCUT2D eigenvalue weighted by Crippen LogP contribution is 2.64. The standard InChI is InChI=1S/C25H38O3/c1-16-14-17-15-18(26)7-8-19(17)20-9-11-25(10-5-6-21(25)22(16)20)12-13-28-23(27)24(2,3)4/h15-16,19-22H,5-14H2,1-4H3/t16?,19-,20+,21-,22+,25-/m0/s1. The van der Waals surface area contributed by atoms with Gasteiger partial charge in [0.1, 0.15) is 0 Å². The van der Waals surface area contributed by atoms with Crippen LogP contribution in [0.4, 0.5) is 0 Å². The Bertz CT molecular complexity index is 670. The highest BCUT2D eigenvalue weighted by molar-refractivity contribution is 5.91. The monoisotopic (exact) mass is 386 g/mol. The van der Waals surface area contributed by atoms with Crippen LogP contribution >= 0.6 is 0 Å². The van der Waals surface area contributed by atoms with Gasteiger partial charge in [-0.05, 0) is 107 Å². The lowest BCUT2D eigenvalue weighted by atomic mass is 9.49. The van der Waals surface area contributed by atoms with Gasteiger partial charge in [-0.3, -0.25) is 9.59 Å². The molecular formula is C25H38O3. The van der Waals surface area contributed by atoms with Gasteiger partial charge in [0.15, 0.2) is 5.78 Å². The summed E-state index contributed by atoms with van der Waals surface area (Å²) in [5.41, 5.74) is 1.44. The van der Waals surface area contributed by atoms with Crippen molar-refractivity contribution in [3.63, 3.8) is 0 Å². The van der Waals surface area contributed by atoms with Crippen molar-refractivity contribution in [1.29, 1.82) is 0 Å². The first kappa shape index (κ1) is 20.2. The predicted molar refractivity (Wildman–Crippen MR) is 111 cm³/mol. The normalized spacial score (nSPS) is 40.2. The third-order valence-corrected chi connectivity index (χ3v) is 8.61. The smallest absolute Gasteiger partial charge is 0.311 e. The summed E-state index contributed by atoms with van der Waals surface area (Å²) in [4.78, 5) is 24.1. The van der Waals surface area contributed by atoms with Crippen LogP contribution in [0, 0.1) is 40.4 Å². The van der Waals surface area contributed by atoms with Crippen molar-refractivity contribution in [3.05, 3.63) is 11.6 Å². The van der Waals surface area contributed by atoms with Crippen LogP contribution in [0.2, 0.25) is 0 Å². The van der Waals surface area contributed by atoms with Gasteiger partial charge in [0, 0.05) is 6.42 Å². The summed E-state index contributed by atoms with van der Waals surface area (Å²) in [6.07, 6.45) is 12.6. The molecular weight excluding hydrogens is 348 g/mol. The molecule has 0 aromatic rings. The van der Waals surface area contributed by atoms with E-state index in [0.717, 1.165) is 43.4 Å². The molecule has 3 fully saturated rings. The van der Waals surface area contributed by atoms with E-state index in [0.29, 0.717) is 29.6 Å². The molecule has 0 aromatic carbocycles. The van der Waals surface area contributed by atoms with E-state index >= 15 is 0 Å². The quantitative estimate of drug-likeness (QED) is 0.582. The number of carbonyl (C=O) groups is 2. The summed E-state index contributed by atoms with van der Waals surface area (Å²) >= 11 is 0. The Morgan fingerprint density at radius 2 is 2.00 bits per heavy atom. The fraction of sp³-hybridized carbons (Fsp3) is 0.840. The molecule has 0 amide bonds. The van der Waals surface area contributed by atoms with Gasteiger partial charge in [-0.15, -0.1) is 0 Å². The first-order valence-electron chi connectivity index (χ1n) is 11.6. The van der Waals surface area contributed by atoms with Gasteiger partial charge in [0.05, 0.1) is 12.0 Å². The molecule has 0 heterocycles. The summed E-state index contributed by atoms with van der Waals surface area (Å²) in [7, 11) is 0. The number of esters is 1. The largest absolute Gasteiger partial charge is 0.465 e. The molecule has 6 atom stereocenters. The number of rotatable bonds is 3. The van der Waals surface area contributed by atoms with Gasteiger partial charge >= 0.3 is 5.97 Å². The zero-order chi connectivity index (χ0) is 20.1. The van der Waals surface area contributed by atoms with Crippen LogP contribution in [0.15, 0.2) is 11.6 Å². The minimum atomic E-state index is -0.413. The second kappa shape index (κ2) is 7.29. The first-order valence-corrected chi connectivity index (χ1v) is 11.6. The summed E-state index contributed by atoms with van der Waals surface area (Å²) in [5.74, 6) is 3.98. The van der Waals surface area contributed by atoms with Gasteiger partial charge in [0.25, 0.3) is 0 Å². The average molecular weight is 387 g/mol. The summed E-state index contributed by atoms with van der Waals surface area (Å²) in [6, 6.07) is 0. The molecule has 0 spiro atoms. The maximum atomic E-state index is 12.2. The molecule has 0 aliphatic heterocycles. The average Bonchev–Trinajstić information content (AvgIpc) is 3.04. The van der Waals surface area contributed by atoms with Crippen LogP contribution in [-0.4, -0.2) is 18.4 Å². The topological polar surface area (TPSA) is 43.4 Å². The lowest BCUT2D eigenvalue weighted by molar-refractivity contribution is -0.154. The molecule has 0 aromatic heterocycles. The van der Waals surface area contributed by atoms with Crippen molar-refractivity contribution in [2.75, 3.05) is 6.61 Å². The van der Waals surface area contributed by atoms with E-state index in [9.17, 15) is 9.59 Å². The van der Waals surface area contributed by atoms with Crippen LogP contribution < -0.4 is 0 Å². The minimum absolute atomic E-state index is 0.0696. The fourth-order valence-corrected chi connectivity index (χ4v) is 7.38. The molecule has 4 rings (SSSR count). The van der Waals surface area contributed by atoms with Gasteiger partial charge in [-0.1, -0.05) is 18.9 Å². The van der Waals surface area contributed by atoms with Crippen LogP contribution in [0.5, 0.6) is 0 Å². The Balaban J connectivity index is 1.49. The number of allylic oxidation sites excluding steroid dienone is 1. The molecule has 3 saturated carbocycles. The molecule has 4 aliphatic carbocycles. The summed E-state index contributed by atoms with van der Waals surface area (Å²) in [5, 5.41) is 0. The molecule has 0 bridgehead atoms. The van der Waals surface area contributed by atoms with E-state index in [1.807, 2.05) is 26.8 Å². The van der Waals surface area contributed by atoms with Crippen LogP contribution in [0.1, 0.15) is 85.5 Å². The third kappa shape index (κ3) is 3.48. The van der Waals surface area contributed by atoms with Gasteiger partial charge in [0.2, 0.25) is 0 Å². The van der Waals surface area contributed by atoms with Crippen molar-refractivity contribution in [3.8, 4) is 0 Å². The predicted octanol–water partition coefficient (Wildman–Crippen LogP) is 5.72. The van der Waals surface area contributed by atoms with Gasteiger partial charge < -0.3 is 4.74 Å². The summed E-state index contributed by atoms with van der Waals surface area (Å²) in [6.45, 7) is 8.81. The second-order valence-corrected chi connectivity index (χ2v) is 11.3. The zero-order valence-corrected chi connectivity index (χ0v) is 18.3. The Morgan fingerprint density at radius 1 is 1.21 bits per heavy atom. The Morgan fingerprint density at radius 3 is 2.75 bits per heavy atom. The lowest BCUT2D eigenvalue weighted by Gasteiger charge is -2.56. The van der Waals surface area contributed by atoms with Crippen LogP contribution in [-0.2, 0) is 14.3 Å². The molecule has 28 heavy (non-hydrogen) atoms. The summed E-state index contributed by atoms with van der Waals surface area (Å²) < 4.78 is 5.69. The zero-order valence-electron chi connectivity index (χ0n) is 18.3. The molecule has 156 valence electrons. The van der Waals surface area contributed by atoms with E-state index in [4.69, 9.17) is 4.74 Å². The molecule has 0 radical (unpaired) electrons. The molecule has 0 N–H and O–H groups in total. The first-order chi connectivity index (χ1) is 13.2. The molecule has 0 saturated heterocycles. The lowest BCUT2D eigenvalue weighted by Crippen LogP contribution is -2.49. The van der Waals surface area contributed by atoms with Crippen LogP contribution in [0.25, 0.3) is 0 Å². The highest BCUT2D eigenvalue weighted by atomic mass is 16.5. The number of ketones is 1. The number of carbonyl (C=O) groups excluding carboxylic acids is 2. The van der Waals surface area contributed by atoms with Crippen molar-refractivity contribution < 1.29 is 14.3 Å². The number of hydrogen-bond acceptors (Lipinski definition) is 3. The third-order valence-electron chi connectivity index (χ3n) is 8.61. The van der Waals surface area contributed by atoms with Crippen molar-refractivity contribution in [1.82, 2.24) is 0 Å². The minimum Gasteiger partial charge on any atom is -0.465 e. The fourth-order valence-electron chi connectivity index (χ4n) is 7.38. The van der Waals surface area contributed by atoms with Crippen LogP contribution in [0.3, 0.4) is 0 Å². The molecule has 3 nitrogen and oxygen atoms in total. The molecule has 3 heteroatoms. The molecule has 1 unspecified atom stereocenters. The Kier molecular flexibility index (Phi) is 5.25. The maximum absolute atomic E-state index is 12.2.